The van der Waals surface area contributed by atoms with Crippen molar-refractivity contribution < 1.29 is 5.11 Å². The average Bonchev–Trinajstić information content (AvgIpc) is 2.66. The number of hydrogen-bond acceptors (Lipinski definition) is 2. The Labute approximate surface area is 108 Å². The summed E-state index contributed by atoms with van der Waals surface area (Å²) < 4.78 is 0. The van der Waals surface area contributed by atoms with E-state index in [0.717, 1.165) is 23.6 Å². The summed E-state index contributed by atoms with van der Waals surface area (Å²) in [6.07, 6.45) is 1.44. The number of hydrogen-bond donors (Lipinski definition) is 2. The predicted molar refractivity (Wildman–Crippen MR) is 72.8 cm³/mol. The average molecular weight is 244 g/mol. The van der Waals surface area contributed by atoms with Crippen molar-refractivity contribution in [2.75, 3.05) is 6.61 Å². The van der Waals surface area contributed by atoms with E-state index >= 15 is 0 Å². The van der Waals surface area contributed by atoms with Crippen LogP contribution in [-0.4, -0.2) is 21.7 Å². The molecule has 2 aromatic rings. The summed E-state index contributed by atoms with van der Waals surface area (Å²) in [5, 5.41) is 8.93. The molecule has 3 heteroatoms. The van der Waals surface area contributed by atoms with E-state index in [0.29, 0.717) is 6.42 Å². The number of nitrogens with one attached hydrogen (secondary N) is 1. The molecule has 0 radical (unpaired) electrons. The third-order valence-electron chi connectivity index (χ3n) is 3.46. The summed E-state index contributed by atoms with van der Waals surface area (Å²) in [4.78, 5) is 7.78. The lowest BCUT2D eigenvalue weighted by Gasteiger charge is -2.07. The number of H-pyrrole nitrogens is 1. The van der Waals surface area contributed by atoms with Crippen LogP contribution in [0.1, 0.15) is 33.9 Å². The summed E-state index contributed by atoms with van der Waals surface area (Å²) in [6.45, 7) is 6.46. The molecule has 1 heterocycles. The first-order valence-electron chi connectivity index (χ1n) is 6.32. The van der Waals surface area contributed by atoms with Crippen LogP contribution in [0.3, 0.4) is 0 Å². The molecule has 0 aliphatic heterocycles. The highest BCUT2D eigenvalue weighted by atomic mass is 16.3. The SMILES string of the molecule is Cc1cccc(Cc2nc(CCO)[nH]c2C)c1C. The van der Waals surface area contributed by atoms with Gasteiger partial charge in [0.1, 0.15) is 5.82 Å². The van der Waals surface area contributed by atoms with Crippen LogP contribution in [0.4, 0.5) is 0 Å². The Kier molecular flexibility index (Phi) is 3.82. The molecule has 0 saturated carbocycles. The van der Waals surface area contributed by atoms with E-state index in [2.05, 4.69) is 42.0 Å². The van der Waals surface area contributed by atoms with Crippen molar-refractivity contribution in [2.45, 2.75) is 33.6 Å². The highest BCUT2D eigenvalue weighted by Gasteiger charge is 2.09. The van der Waals surface area contributed by atoms with Gasteiger partial charge in [0, 0.05) is 18.5 Å². The lowest BCUT2D eigenvalue weighted by molar-refractivity contribution is 0.297. The van der Waals surface area contributed by atoms with Crippen molar-refractivity contribution in [3.63, 3.8) is 0 Å². The quantitative estimate of drug-likeness (QED) is 0.868. The third-order valence-corrected chi connectivity index (χ3v) is 3.46. The van der Waals surface area contributed by atoms with E-state index in [9.17, 15) is 0 Å². The van der Waals surface area contributed by atoms with Gasteiger partial charge in [-0.25, -0.2) is 4.98 Å². The maximum atomic E-state index is 8.93. The number of aliphatic hydroxyl groups excluding tert-OH is 1. The van der Waals surface area contributed by atoms with E-state index in [-0.39, 0.29) is 6.61 Å². The van der Waals surface area contributed by atoms with Crippen molar-refractivity contribution in [1.82, 2.24) is 9.97 Å². The number of imidazole rings is 1. The predicted octanol–water partition coefficient (Wildman–Crippen LogP) is 2.46. The molecule has 3 nitrogen and oxygen atoms in total. The normalized spacial score (nSPS) is 10.9. The maximum Gasteiger partial charge on any atom is 0.108 e. The van der Waals surface area contributed by atoms with Gasteiger partial charge in [-0.1, -0.05) is 18.2 Å². The standard InChI is InChI=1S/C15H20N2O/c1-10-5-4-6-13(11(10)2)9-14-12(3)16-15(17-14)7-8-18/h4-6,18H,7-9H2,1-3H3,(H,16,17). The number of rotatable bonds is 4. The van der Waals surface area contributed by atoms with Gasteiger partial charge in [0.15, 0.2) is 0 Å². The third kappa shape index (κ3) is 2.62. The molecule has 0 aliphatic carbocycles. The van der Waals surface area contributed by atoms with Gasteiger partial charge >= 0.3 is 0 Å². The highest BCUT2D eigenvalue weighted by Crippen LogP contribution is 2.18. The molecule has 0 unspecified atom stereocenters. The van der Waals surface area contributed by atoms with Crippen LogP contribution in [0.2, 0.25) is 0 Å². The van der Waals surface area contributed by atoms with Crippen molar-refractivity contribution in [3.05, 3.63) is 52.1 Å². The van der Waals surface area contributed by atoms with E-state index < -0.39 is 0 Å². The smallest absolute Gasteiger partial charge is 0.108 e. The van der Waals surface area contributed by atoms with Crippen LogP contribution < -0.4 is 0 Å². The monoisotopic (exact) mass is 244 g/mol. The molecule has 0 atom stereocenters. The molecule has 0 amide bonds. The van der Waals surface area contributed by atoms with Crippen LogP contribution in [-0.2, 0) is 12.8 Å². The van der Waals surface area contributed by atoms with E-state index in [1.807, 2.05) is 6.92 Å². The van der Waals surface area contributed by atoms with Crippen molar-refractivity contribution in [1.29, 1.82) is 0 Å². The Hall–Kier alpha value is -1.61. The zero-order valence-corrected chi connectivity index (χ0v) is 11.2. The number of nitrogens with zero attached hydrogens (tertiary/aromatic N) is 1. The van der Waals surface area contributed by atoms with Crippen LogP contribution in [0, 0.1) is 20.8 Å². The number of aryl methyl sites for hydroxylation is 2. The fourth-order valence-corrected chi connectivity index (χ4v) is 2.14. The Morgan fingerprint density at radius 3 is 2.72 bits per heavy atom. The van der Waals surface area contributed by atoms with Gasteiger partial charge in [0.25, 0.3) is 0 Å². The molecule has 2 N–H and O–H groups in total. The first kappa shape index (κ1) is 12.8. The molecule has 0 fully saturated rings. The minimum atomic E-state index is 0.135. The van der Waals surface area contributed by atoms with Gasteiger partial charge in [-0.3, -0.25) is 0 Å². The molecule has 0 saturated heterocycles. The van der Waals surface area contributed by atoms with Crippen LogP contribution in [0.15, 0.2) is 18.2 Å². The number of aromatic amines is 1. The molecule has 0 aliphatic rings. The lowest BCUT2D eigenvalue weighted by Crippen LogP contribution is -1.96. The summed E-state index contributed by atoms with van der Waals surface area (Å²) >= 11 is 0. The van der Waals surface area contributed by atoms with Gasteiger partial charge in [-0.05, 0) is 37.5 Å². The van der Waals surface area contributed by atoms with Gasteiger partial charge in [-0.2, -0.15) is 0 Å². The molecule has 96 valence electrons. The second-order valence-corrected chi connectivity index (χ2v) is 4.76. The molecule has 18 heavy (non-hydrogen) atoms. The summed E-state index contributed by atoms with van der Waals surface area (Å²) in [5.41, 5.74) is 6.14. The highest BCUT2D eigenvalue weighted by molar-refractivity contribution is 5.36. The largest absolute Gasteiger partial charge is 0.396 e. The van der Waals surface area contributed by atoms with Gasteiger partial charge in [0.05, 0.1) is 12.3 Å². The first-order chi connectivity index (χ1) is 8.61. The summed E-state index contributed by atoms with van der Waals surface area (Å²) in [7, 11) is 0. The van der Waals surface area contributed by atoms with Crippen molar-refractivity contribution in [3.8, 4) is 0 Å². The summed E-state index contributed by atoms with van der Waals surface area (Å²) in [6, 6.07) is 6.38. The lowest BCUT2D eigenvalue weighted by atomic mass is 9.99. The van der Waals surface area contributed by atoms with Crippen LogP contribution in [0.5, 0.6) is 0 Å². The maximum absolute atomic E-state index is 8.93. The van der Waals surface area contributed by atoms with Crippen LogP contribution in [0.25, 0.3) is 0 Å². The second kappa shape index (κ2) is 5.36. The fraction of sp³-hybridized carbons (Fsp3) is 0.400. The van der Waals surface area contributed by atoms with Gasteiger partial charge < -0.3 is 10.1 Å². The molecule has 1 aromatic carbocycles. The molecule has 0 spiro atoms. The van der Waals surface area contributed by atoms with Gasteiger partial charge in [0.2, 0.25) is 0 Å². The zero-order valence-electron chi connectivity index (χ0n) is 11.2. The number of aliphatic hydroxyl groups is 1. The van der Waals surface area contributed by atoms with Gasteiger partial charge in [-0.15, -0.1) is 0 Å². The number of aromatic nitrogens is 2. The second-order valence-electron chi connectivity index (χ2n) is 4.76. The Bertz CT molecular complexity index is 543. The zero-order chi connectivity index (χ0) is 13.1. The molecular formula is C15H20N2O. The van der Waals surface area contributed by atoms with E-state index in [4.69, 9.17) is 5.11 Å². The molecular weight excluding hydrogens is 224 g/mol. The molecule has 2 rings (SSSR count). The topological polar surface area (TPSA) is 48.9 Å². The van der Waals surface area contributed by atoms with Crippen molar-refractivity contribution >= 4 is 0 Å². The minimum Gasteiger partial charge on any atom is -0.396 e. The molecule has 1 aromatic heterocycles. The minimum absolute atomic E-state index is 0.135. The Morgan fingerprint density at radius 1 is 1.22 bits per heavy atom. The summed E-state index contributed by atoms with van der Waals surface area (Å²) in [5.74, 6) is 0.871. The fourth-order valence-electron chi connectivity index (χ4n) is 2.14. The van der Waals surface area contributed by atoms with E-state index in [1.165, 1.54) is 16.7 Å². The Morgan fingerprint density at radius 2 is 2.00 bits per heavy atom. The molecule has 0 bridgehead atoms. The van der Waals surface area contributed by atoms with Crippen LogP contribution >= 0.6 is 0 Å². The van der Waals surface area contributed by atoms with Crippen molar-refractivity contribution in [2.24, 2.45) is 0 Å². The first-order valence-corrected chi connectivity index (χ1v) is 6.32. The Balaban J connectivity index is 2.25. The van der Waals surface area contributed by atoms with E-state index in [1.54, 1.807) is 0 Å². The number of benzene rings is 1.